The molecule has 24 heavy (non-hydrogen) atoms. The Bertz CT molecular complexity index is 547. The molecule has 0 aliphatic carbocycles. The van der Waals surface area contributed by atoms with E-state index >= 15 is 0 Å². The largest absolute Gasteiger partial charge is 0.356 e. The molecule has 7 heteroatoms. The van der Waals surface area contributed by atoms with Gasteiger partial charge in [-0.2, -0.15) is 11.8 Å². The number of carbonyl (C=O) groups excluding carboxylic acids is 1. The number of hydrogen-bond acceptors (Lipinski definition) is 3. The maximum absolute atomic E-state index is 11.6. The molecular formula is C17H27IN4OS. The molecule has 1 aliphatic heterocycles. The van der Waals surface area contributed by atoms with Gasteiger partial charge in [0.25, 0.3) is 5.91 Å². The second-order valence-electron chi connectivity index (χ2n) is 5.54. The summed E-state index contributed by atoms with van der Waals surface area (Å²) in [5.41, 5.74) is 1.84. The summed E-state index contributed by atoms with van der Waals surface area (Å²) < 4.78 is 0. The maximum Gasteiger partial charge on any atom is 0.251 e. The molecule has 1 aromatic carbocycles. The van der Waals surface area contributed by atoms with Crippen molar-refractivity contribution in [2.24, 2.45) is 4.99 Å². The minimum Gasteiger partial charge on any atom is -0.356 e. The number of amides is 1. The third-order valence-electron chi connectivity index (χ3n) is 3.87. The lowest BCUT2D eigenvalue weighted by atomic mass is 10.1. The van der Waals surface area contributed by atoms with Crippen LogP contribution in [0.5, 0.6) is 0 Å². The molecule has 0 aromatic heterocycles. The van der Waals surface area contributed by atoms with Gasteiger partial charge in [0.1, 0.15) is 0 Å². The van der Waals surface area contributed by atoms with Gasteiger partial charge in [0.2, 0.25) is 0 Å². The van der Waals surface area contributed by atoms with E-state index in [9.17, 15) is 4.79 Å². The lowest BCUT2D eigenvalue weighted by Crippen LogP contribution is -2.40. The van der Waals surface area contributed by atoms with Crippen molar-refractivity contribution in [3.05, 3.63) is 35.4 Å². The number of hydrogen-bond donors (Lipinski definition) is 3. The van der Waals surface area contributed by atoms with Gasteiger partial charge >= 0.3 is 0 Å². The first-order chi connectivity index (χ1) is 11.2. The molecule has 0 bridgehead atoms. The summed E-state index contributed by atoms with van der Waals surface area (Å²) in [6, 6.07) is 7.73. The van der Waals surface area contributed by atoms with Gasteiger partial charge in [-0.15, -0.1) is 24.0 Å². The molecule has 0 radical (unpaired) electrons. The van der Waals surface area contributed by atoms with E-state index in [2.05, 4.69) is 20.9 Å². The van der Waals surface area contributed by atoms with E-state index in [0.29, 0.717) is 10.8 Å². The van der Waals surface area contributed by atoms with Crippen LogP contribution >= 0.6 is 35.7 Å². The first kappa shape index (κ1) is 21.1. The van der Waals surface area contributed by atoms with Crippen LogP contribution in [-0.4, -0.2) is 50.1 Å². The zero-order chi connectivity index (χ0) is 16.5. The highest BCUT2D eigenvalue weighted by molar-refractivity contribution is 14.0. The molecular weight excluding hydrogens is 435 g/mol. The highest BCUT2D eigenvalue weighted by atomic mass is 127. The molecule has 5 nitrogen and oxygen atoms in total. The van der Waals surface area contributed by atoms with E-state index in [4.69, 9.17) is 0 Å². The molecule has 1 heterocycles. The van der Waals surface area contributed by atoms with Crippen molar-refractivity contribution in [2.75, 3.05) is 32.9 Å². The smallest absolute Gasteiger partial charge is 0.251 e. The number of nitrogens with one attached hydrogen (secondary N) is 3. The molecule has 1 aliphatic rings. The Morgan fingerprint density at radius 3 is 2.88 bits per heavy atom. The average molecular weight is 462 g/mol. The predicted octanol–water partition coefficient (Wildman–Crippen LogP) is 2.27. The molecule has 0 saturated carbocycles. The Morgan fingerprint density at radius 2 is 2.21 bits per heavy atom. The molecule has 1 unspecified atom stereocenters. The minimum atomic E-state index is -0.0497. The Balaban J connectivity index is 0.00000288. The first-order valence-corrected chi connectivity index (χ1v) is 9.15. The van der Waals surface area contributed by atoms with Crippen LogP contribution in [0.15, 0.2) is 29.3 Å². The van der Waals surface area contributed by atoms with Crippen LogP contribution in [0.3, 0.4) is 0 Å². The molecule has 1 amide bonds. The Hall–Kier alpha value is -0.960. The van der Waals surface area contributed by atoms with Crippen molar-refractivity contribution < 1.29 is 4.79 Å². The molecule has 1 aromatic rings. The van der Waals surface area contributed by atoms with Gasteiger partial charge < -0.3 is 16.0 Å². The average Bonchev–Trinajstić information content (AvgIpc) is 3.11. The van der Waals surface area contributed by atoms with Crippen LogP contribution < -0.4 is 16.0 Å². The number of nitrogens with zero attached hydrogens (tertiary/aromatic N) is 1. The fourth-order valence-electron chi connectivity index (χ4n) is 2.57. The third kappa shape index (κ3) is 6.88. The zero-order valence-electron chi connectivity index (χ0n) is 14.3. The monoisotopic (exact) mass is 462 g/mol. The van der Waals surface area contributed by atoms with Crippen LogP contribution in [0.25, 0.3) is 0 Å². The summed E-state index contributed by atoms with van der Waals surface area (Å²) in [7, 11) is 3.44. The summed E-state index contributed by atoms with van der Waals surface area (Å²) >= 11 is 2.04. The third-order valence-corrected chi connectivity index (χ3v) is 5.27. The Labute approximate surface area is 165 Å². The van der Waals surface area contributed by atoms with Crippen molar-refractivity contribution in [1.29, 1.82) is 0 Å². The number of guanidine groups is 1. The van der Waals surface area contributed by atoms with E-state index in [1.54, 1.807) is 14.1 Å². The van der Waals surface area contributed by atoms with Crippen molar-refractivity contribution in [1.82, 2.24) is 16.0 Å². The summed E-state index contributed by atoms with van der Waals surface area (Å²) in [6.07, 6.45) is 3.47. The number of thioether (sulfide) groups is 1. The first-order valence-electron chi connectivity index (χ1n) is 8.10. The highest BCUT2D eigenvalue weighted by Crippen LogP contribution is 2.25. The van der Waals surface area contributed by atoms with Crippen molar-refractivity contribution >= 4 is 47.6 Å². The van der Waals surface area contributed by atoms with Crippen LogP contribution in [0.1, 0.15) is 28.8 Å². The predicted molar refractivity (Wildman–Crippen MR) is 114 cm³/mol. The topological polar surface area (TPSA) is 65.5 Å². The summed E-state index contributed by atoms with van der Waals surface area (Å²) in [4.78, 5) is 15.9. The van der Waals surface area contributed by atoms with Crippen LogP contribution in [0.2, 0.25) is 0 Å². The molecule has 134 valence electrons. The van der Waals surface area contributed by atoms with Gasteiger partial charge in [0, 0.05) is 38.0 Å². The van der Waals surface area contributed by atoms with Gasteiger partial charge in [0.05, 0.1) is 0 Å². The number of carbonyl (C=O) groups is 1. The molecule has 2 rings (SSSR count). The van der Waals surface area contributed by atoms with E-state index in [1.807, 2.05) is 36.0 Å². The molecule has 3 N–H and O–H groups in total. The molecule has 1 saturated heterocycles. The van der Waals surface area contributed by atoms with Crippen LogP contribution in [0.4, 0.5) is 0 Å². The molecule has 1 fully saturated rings. The fraction of sp³-hybridized carbons (Fsp3) is 0.529. The number of halogens is 1. The summed E-state index contributed by atoms with van der Waals surface area (Å²) in [5.74, 6) is 2.08. The van der Waals surface area contributed by atoms with Gasteiger partial charge in [-0.1, -0.05) is 12.1 Å². The Kier molecular flexibility index (Phi) is 10.2. The van der Waals surface area contributed by atoms with Crippen LogP contribution in [0, 0.1) is 0 Å². The van der Waals surface area contributed by atoms with Crippen molar-refractivity contribution in [2.45, 2.75) is 24.5 Å². The van der Waals surface area contributed by atoms with Crippen molar-refractivity contribution in [3.8, 4) is 0 Å². The van der Waals surface area contributed by atoms with E-state index in [0.717, 1.165) is 31.0 Å². The van der Waals surface area contributed by atoms with Gasteiger partial charge in [-0.25, -0.2) is 0 Å². The fourth-order valence-corrected chi connectivity index (χ4v) is 3.78. The quantitative estimate of drug-likeness (QED) is 0.345. The zero-order valence-corrected chi connectivity index (χ0v) is 17.4. The molecule has 0 spiro atoms. The second-order valence-corrected chi connectivity index (χ2v) is 6.95. The highest BCUT2D eigenvalue weighted by Gasteiger charge is 2.15. The second kappa shape index (κ2) is 11.6. The van der Waals surface area contributed by atoms with Gasteiger partial charge in [-0.3, -0.25) is 9.79 Å². The number of rotatable bonds is 6. The maximum atomic E-state index is 11.6. The molecule has 1 atom stereocenters. The minimum absolute atomic E-state index is 0. The lowest BCUT2D eigenvalue weighted by Gasteiger charge is -2.14. The van der Waals surface area contributed by atoms with Crippen LogP contribution in [-0.2, 0) is 6.42 Å². The summed E-state index contributed by atoms with van der Waals surface area (Å²) in [6.45, 7) is 1.76. The standard InChI is InChI=1S/C17H26N4OS.HI/c1-18-16(22)14-6-3-5-13(11-14)8-9-20-17(19-2)21-12-15-7-4-10-23-15;/h3,5-6,11,15H,4,7-10,12H2,1-2H3,(H,18,22)(H2,19,20,21);1H. The van der Waals surface area contributed by atoms with E-state index in [1.165, 1.54) is 18.6 Å². The summed E-state index contributed by atoms with van der Waals surface area (Å²) in [5, 5.41) is 10.1. The lowest BCUT2D eigenvalue weighted by molar-refractivity contribution is 0.0963. The Morgan fingerprint density at radius 1 is 1.38 bits per heavy atom. The van der Waals surface area contributed by atoms with Crippen molar-refractivity contribution in [3.63, 3.8) is 0 Å². The van der Waals surface area contributed by atoms with E-state index in [-0.39, 0.29) is 29.9 Å². The van der Waals surface area contributed by atoms with Gasteiger partial charge in [-0.05, 0) is 42.7 Å². The number of aliphatic imine (C=N–C) groups is 1. The SMILES string of the molecule is CN=C(NCCc1cccc(C(=O)NC)c1)NCC1CCCS1.I. The number of benzene rings is 1. The van der Waals surface area contributed by atoms with E-state index < -0.39 is 0 Å². The normalized spacial score (nSPS) is 17.1. The van der Waals surface area contributed by atoms with Gasteiger partial charge in [0.15, 0.2) is 5.96 Å².